The van der Waals surface area contributed by atoms with E-state index < -0.39 is 12.3 Å². The Labute approximate surface area is 180 Å². The topological polar surface area (TPSA) is 78.9 Å². The fourth-order valence-electron chi connectivity index (χ4n) is 3.04. The van der Waals surface area contributed by atoms with Crippen molar-refractivity contribution in [3.05, 3.63) is 83.6 Å². The molecule has 2 aromatic heterocycles. The molecule has 2 N–H and O–H groups in total. The first-order chi connectivity index (χ1) is 14.8. The zero-order chi connectivity index (χ0) is 22.0. The highest BCUT2D eigenvalue weighted by atomic mass is 35.5. The average Bonchev–Trinajstić information content (AvgIpc) is 3.21. The third-order valence-corrected chi connectivity index (χ3v) is 4.54. The van der Waals surface area contributed by atoms with E-state index in [1.807, 2.05) is 30.3 Å². The van der Waals surface area contributed by atoms with Crippen LogP contribution in [0.15, 0.2) is 72.9 Å². The van der Waals surface area contributed by atoms with Crippen LogP contribution < -0.4 is 10.5 Å². The summed E-state index contributed by atoms with van der Waals surface area (Å²) in [6.45, 7) is 0. The number of aromatic nitrogens is 4. The van der Waals surface area contributed by atoms with Gasteiger partial charge in [-0.15, -0.1) is 0 Å². The summed E-state index contributed by atoms with van der Waals surface area (Å²) >= 11 is 5.78. The van der Waals surface area contributed by atoms with Gasteiger partial charge in [0.15, 0.2) is 0 Å². The summed E-state index contributed by atoms with van der Waals surface area (Å²) in [6.07, 6.45) is -5.50. The molecule has 0 aliphatic carbocycles. The smallest absolute Gasteiger partial charge is 0.429 e. The Morgan fingerprint density at radius 3 is 2.39 bits per heavy atom. The molecule has 0 aliphatic heterocycles. The largest absolute Gasteiger partial charge is 0.459 e. The molecule has 4 rings (SSSR count). The predicted octanol–water partition coefficient (Wildman–Crippen LogP) is 5.25. The predicted molar refractivity (Wildman–Crippen MR) is 110 cm³/mol. The zero-order valence-electron chi connectivity index (χ0n) is 15.8. The number of nitrogens with zero attached hydrogens (tertiary/aromatic N) is 4. The maximum atomic E-state index is 14.0. The third kappa shape index (κ3) is 4.61. The molecule has 158 valence electrons. The second kappa shape index (κ2) is 8.27. The molecule has 0 radical (unpaired) electrons. The average molecular weight is 446 g/mol. The van der Waals surface area contributed by atoms with Gasteiger partial charge in [-0.2, -0.15) is 23.3 Å². The van der Waals surface area contributed by atoms with Crippen LogP contribution in [0.1, 0.15) is 11.7 Å². The van der Waals surface area contributed by atoms with E-state index in [0.29, 0.717) is 5.69 Å². The van der Waals surface area contributed by atoms with Gasteiger partial charge in [-0.05, 0) is 12.1 Å². The molecule has 0 bridgehead atoms. The summed E-state index contributed by atoms with van der Waals surface area (Å²) in [4.78, 5) is 7.33. The fourth-order valence-corrected chi connectivity index (χ4v) is 3.22. The summed E-state index contributed by atoms with van der Waals surface area (Å²) in [5.41, 5.74) is 7.00. The first-order valence-electron chi connectivity index (χ1n) is 9.05. The lowest BCUT2D eigenvalue weighted by Crippen LogP contribution is -2.27. The van der Waals surface area contributed by atoms with E-state index in [1.165, 1.54) is 22.9 Å². The molecule has 1 atom stereocenters. The highest BCUT2D eigenvalue weighted by molar-refractivity contribution is 6.29. The molecule has 4 aromatic rings. The number of nitrogens with two attached hydrogens (primary N) is 1. The Morgan fingerprint density at radius 1 is 0.968 bits per heavy atom. The Balaban J connectivity index is 1.75. The quantitative estimate of drug-likeness (QED) is 0.424. The van der Waals surface area contributed by atoms with E-state index in [-0.39, 0.29) is 28.2 Å². The van der Waals surface area contributed by atoms with Crippen LogP contribution in [0.2, 0.25) is 5.15 Å². The summed E-state index contributed by atoms with van der Waals surface area (Å²) in [5, 5.41) is 4.31. The molecule has 0 saturated heterocycles. The molecular formula is C21H15ClF3N5O. The van der Waals surface area contributed by atoms with Crippen LogP contribution in [-0.4, -0.2) is 25.9 Å². The van der Waals surface area contributed by atoms with Crippen molar-refractivity contribution in [3.63, 3.8) is 0 Å². The molecule has 0 aliphatic rings. The van der Waals surface area contributed by atoms with E-state index in [1.54, 1.807) is 18.3 Å². The summed E-state index contributed by atoms with van der Waals surface area (Å²) < 4.78 is 48.6. The van der Waals surface area contributed by atoms with Crippen molar-refractivity contribution in [2.45, 2.75) is 12.3 Å². The van der Waals surface area contributed by atoms with Gasteiger partial charge in [0, 0.05) is 23.4 Å². The number of halogens is 4. The monoisotopic (exact) mass is 445 g/mol. The molecule has 31 heavy (non-hydrogen) atoms. The molecule has 0 saturated carbocycles. The van der Waals surface area contributed by atoms with Gasteiger partial charge < -0.3 is 10.5 Å². The Morgan fingerprint density at radius 2 is 1.68 bits per heavy atom. The molecule has 0 amide bonds. The number of anilines is 1. The van der Waals surface area contributed by atoms with Gasteiger partial charge in [-0.25, -0.2) is 9.67 Å². The fraction of sp³-hybridized carbons (Fsp3) is 0.0952. The van der Waals surface area contributed by atoms with Crippen LogP contribution in [0.5, 0.6) is 5.88 Å². The van der Waals surface area contributed by atoms with E-state index in [2.05, 4.69) is 15.1 Å². The van der Waals surface area contributed by atoms with Crippen LogP contribution in [0.3, 0.4) is 0 Å². The second-order valence-corrected chi connectivity index (χ2v) is 6.88. The van der Waals surface area contributed by atoms with Crippen molar-refractivity contribution >= 4 is 17.5 Å². The number of hydrogen-bond donors (Lipinski definition) is 1. The van der Waals surface area contributed by atoms with Crippen molar-refractivity contribution in [2.24, 2.45) is 0 Å². The molecule has 2 aromatic carbocycles. The van der Waals surface area contributed by atoms with Crippen molar-refractivity contribution in [3.8, 4) is 22.8 Å². The summed E-state index contributed by atoms with van der Waals surface area (Å²) in [7, 11) is 0. The SMILES string of the molecule is Nc1nc(Cl)cc(OC(c2ccccc2-n2ccc(-c3ccccc3)n2)C(F)(F)F)n1. The highest BCUT2D eigenvalue weighted by Crippen LogP contribution is 2.39. The van der Waals surface area contributed by atoms with E-state index >= 15 is 0 Å². The standard InChI is InChI=1S/C21H15ClF3N5O/c22-17-12-18(28-20(26)27-17)31-19(21(23,24)25)14-8-4-5-9-16(14)30-11-10-15(29-30)13-6-2-1-3-7-13/h1-12,19H,(H2,26,27,28). The normalized spacial score (nSPS) is 12.5. The van der Waals surface area contributed by atoms with Gasteiger partial charge >= 0.3 is 6.18 Å². The van der Waals surface area contributed by atoms with E-state index in [4.69, 9.17) is 22.1 Å². The lowest BCUT2D eigenvalue weighted by Gasteiger charge is -2.23. The van der Waals surface area contributed by atoms with Crippen molar-refractivity contribution < 1.29 is 17.9 Å². The molecule has 10 heteroatoms. The Bertz CT molecular complexity index is 1180. The van der Waals surface area contributed by atoms with Crippen LogP contribution in [-0.2, 0) is 0 Å². The highest BCUT2D eigenvalue weighted by Gasteiger charge is 2.45. The lowest BCUT2D eigenvalue weighted by atomic mass is 10.1. The Hall–Kier alpha value is -3.59. The first kappa shape index (κ1) is 20.7. The second-order valence-electron chi connectivity index (χ2n) is 6.50. The minimum Gasteiger partial charge on any atom is -0.459 e. The van der Waals surface area contributed by atoms with Crippen LogP contribution in [0, 0.1) is 0 Å². The maximum absolute atomic E-state index is 14.0. The van der Waals surface area contributed by atoms with Crippen LogP contribution in [0.25, 0.3) is 16.9 Å². The van der Waals surface area contributed by atoms with Crippen molar-refractivity contribution in [1.29, 1.82) is 0 Å². The molecular weight excluding hydrogens is 431 g/mol. The van der Waals surface area contributed by atoms with E-state index in [0.717, 1.165) is 11.6 Å². The minimum absolute atomic E-state index is 0.128. The Kier molecular flexibility index (Phi) is 5.51. The summed E-state index contributed by atoms with van der Waals surface area (Å²) in [6, 6.07) is 18.1. The van der Waals surface area contributed by atoms with Crippen LogP contribution >= 0.6 is 11.6 Å². The molecule has 0 fully saturated rings. The first-order valence-corrected chi connectivity index (χ1v) is 9.43. The van der Waals surface area contributed by atoms with Crippen LogP contribution in [0.4, 0.5) is 19.1 Å². The van der Waals surface area contributed by atoms with Crippen molar-refractivity contribution in [2.75, 3.05) is 5.73 Å². The zero-order valence-corrected chi connectivity index (χ0v) is 16.5. The van der Waals surface area contributed by atoms with Gasteiger partial charge in [-0.3, -0.25) is 0 Å². The number of benzene rings is 2. The van der Waals surface area contributed by atoms with Gasteiger partial charge in [-0.1, -0.05) is 60.1 Å². The molecule has 2 heterocycles. The number of ether oxygens (including phenoxy) is 1. The van der Waals surface area contributed by atoms with Gasteiger partial charge in [0.1, 0.15) is 5.15 Å². The van der Waals surface area contributed by atoms with Gasteiger partial charge in [0.05, 0.1) is 11.4 Å². The van der Waals surface area contributed by atoms with Gasteiger partial charge in [0.2, 0.25) is 17.9 Å². The number of alkyl halides is 3. The minimum atomic E-state index is -4.75. The molecule has 0 spiro atoms. The maximum Gasteiger partial charge on any atom is 0.429 e. The van der Waals surface area contributed by atoms with Crippen molar-refractivity contribution in [1.82, 2.24) is 19.7 Å². The van der Waals surface area contributed by atoms with E-state index in [9.17, 15) is 13.2 Å². The number of hydrogen-bond acceptors (Lipinski definition) is 5. The number of para-hydroxylation sites is 1. The number of nitrogen functional groups attached to an aromatic ring is 1. The molecule has 1 unspecified atom stereocenters. The third-order valence-electron chi connectivity index (χ3n) is 4.35. The van der Waals surface area contributed by atoms with Gasteiger partial charge in [0.25, 0.3) is 0 Å². The molecule has 6 nitrogen and oxygen atoms in total. The lowest BCUT2D eigenvalue weighted by molar-refractivity contribution is -0.198. The number of rotatable bonds is 5. The summed E-state index contributed by atoms with van der Waals surface area (Å²) in [5.74, 6) is -0.684.